The molecule has 2 N–H and O–H groups in total. The Balaban J connectivity index is 1.65. The van der Waals surface area contributed by atoms with E-state index in [1.807, 2.05) is 25.3 Å². The third-order valence-corrected chi connectivity index (χ3v) is 4.97. The topological polar surface area (TPSA) is 63.2 Å². The number of ether oxygens (including phenoxy) is 1. The van der Waals surface area contributed by atoms with Gasteiger partial charge in [-0.25, -0.2) is 4.98 Å². The van der Waals surface area contributed by atoms with Gasteiger partial charge in [0.2, 0.25) is 0 Å². The number of carbonyl (C=O) groups excluding carboxylic acids is 1. The van der Waals surface area contributed by atoms with Gasteiger partial charge in [-0.3, -0.25) is 10.1 Å². The fraction of sp³-hybridized carbons (Fsp3) is 0.412. The minimum Gasteiger partial charge on any atom is -0.494 e. The molecule has 1 aromatic carbocycles. The van der Waals surface area contributed by atoms with Crippen molar-refractivity contribution in [1.29, 1.82) is 0 Å². The molecular weight excluding hydrogens is 310 g/mol. The number of thiazole rings is 1. The molecule has 5 nitrogen and oxygen atoms in total. The molecular formula is C17H21N3O2S. The highest BCUT2D eigenvalue weighted by Gasteiger charge is 2.18. The van der Waals surface area contributed by atoms with Gasteiger partial charge in [-0.2, -0.15) is 0 Å². The highest BCUT2D eigenvalue weighted by Crippen LogP contribution is 2.31. The molecule has 1 aliphatic rings. The summed E-state index contributed by atoms with van der Waals surface area (Å²) in [6.07, 6.45) is 4.16. The van der Waals surface area contributed by atoms with Crippen LogP contribution in [0.5, 0.6) is 5.75 Å². The number of nitrogens with zero attached hydrogens (tertiary/aromatic N) is 1. The number of aromatic nitrogens is 1. The van der Waals surface area contributed by atoms with Gasteiger partial charge in [-0.1, -0.05) is 6.07 Å². The normalized spacial score (nSPS) is 15.3. The number of piperidine rings is 1. The summed E-state index contributed by atoms with van der Waals surface area (Å²) in [7, 11) is 0. The molecule has 0 bridgehead atoms. The van der Waals surface area contributed by atoms with Gasteiger partial charge >= 0.3 is 0 Å². The van der Waals surface area contributed by atoms with E-state index >= 15 is 0 Å². The Kier molecular flexibility index (Phi) is 5.25. The van der Waals surface area contributed by atoms with Crippen molar-refractivity contribution in [2.45, 2.75) is 25.7 Å². The Morgan fingerprint density at radius 1 is 1.43 bits per heavy atom. The van der Waals surface area contributed by atoms with Crippen molar-refractivity contribution in [2.24, 2.45) is 0 Å². The molecule has 0 atom stereocenters. The molecule has 0 radical (unpaired) electrons. The van der Waals surface area contributed by atoms with Crippen molar-refractivity contribution < 1.29 is 9.53 Å². The lowest BCUT2D eigenvalue weighted by atomic mass is 9.97. The lowest BCUT2D eigenvalue weighted by Gasteiger charge is -2.20. The van der Waals surface area contributed by atoms with Gasteiger partial charge in [0.05, 0.1) is 6.61 Å². The maximum absolute atomic E-state index is 12.3. The first-order valence-corrected chi connectivity index (χ1v) is 8.78. The number of rotatable bonds is 5. The van der Waals surface area contributed by atoms with Crippen LogP contribution in [0, 0.1) is 0 Å². The SMILES string of the molecule is CCOc1cccc(C(=O)Nc2ncc(C3CCNCC3)s2)c1. The summed E-state index contributed by atoms with van der Waals surface area (Å²) >= 11 is 1.57. The smallest absolute Gasteiger partial charge is 0.257 e. The molecule has 1 saturated heterocycles. The Labute approximate surface area is 140 Å². The van der Waals surface area contributed by atoms with Crippen molar-refractivity contribution in [3.05, 3.63) is 40.9 Å². The van der Waals surface area contributed by atoms with E-state index in [0.717, 1.165) is 25.9 Å². The van der Waals surface area contributed by atoms with Crippen LogP contribution in [0.15, 0.2) is 30.5 Å². The Bertz CT molecular complexity index is 665. The van der Waals surface area contributed by atoms with Crippen LogP contribution in [0.4, 0.5) is 5.13 Å². The predicted octanol–water partition coefficient (Wildman–Crippen LogP) is 3.26. The maximum Gasteiger partial charge on any atom is 0.257 e. The molecule has 0 aliphatic carbocycles. The van der Waals surface area contributed by atoms with Crippen molar-refractivity contribution in [3.63, 3.8) is 0 Å². The van der Waals surface area contributed by atoms with E-state index in [4.69, 9.17) is 4.74 Å². The first-order valence-electron chi connectivity index (χ1n) is 7.97. The van der Waals surface area contributed by atoms with Crippen LogP contribution in [-0.2, 0) is 0 Å². The molecule has 23 heavy (non-hydrogen) atoms. The second kappa shape index (κ2) is 7.57. The molecule has 3 rings (SSSR count). The maximum atomic E-state index is 12.3. The Morgan fingerprint density at radius 2 is 2.26 bits per heavy atom. The van der Waals surface area contributed by atoms with Crippen molar-refractivity contribution in [1.82, 2.24) is 10.3 Å². The molecule has 1 aliphatic heterocycles. The fourth-order valence-corrected chi connectivity index (χ4v) is 3.68. The summed E-state index contributed by atoms with van der Waals surface area (Å²) in [4.78, 5) is 18.0. The van der Waals surface area contributed by atoms with Gasteiger partial charge in [0, 0.05) is 16.6 Å². The Hall–Kier alpha value is -1.92. The number of anilines is 1. The van der Waals surface area contributed by atoms with Gasteiger partial charge in [0.25, 0.3) is 5.91 Å². The minimum absolute atomic E-state index is 0.155. The first-order chi connectivity index (χ1) is 11.3. The summed E-state index contributed by atoms with van der Waals surface area (Å²) in [6, 6.07) is 7.19. The van der Waals surface area contributed by atoms with Crippen molar-refractivity contribution in [3.8, 4) is 5.75 Å². The summed E-state index contributed by atoms with van der Waals surface area (Å²) in [5.74, 6) is 1.10. The average molecular weight is 331 g/mol. The van der Waals surface area contributed by atoms with Crippen LogP contribution >= 0.6 is 11.3 Å². The number of benzene rings is 1. The molecule has 122 valence electrons. The van der Waals surface area contributed by atoms with E-state index in [2.05, 4.69) is 15.6 Å². The highest BCUT2D eigenvalue weighted by atomic mass is 32.1. The molecule has 0 spiro atoms. The molecule has 2 heterocycles. The van der Waals surface area contributed by atoms with E-state index < -0.39 is 0 Å². The second-order valence-corrected chi connectivity index (χ2v) is 6.57. The van der Waals surface area contributed by atoms with Gasteiger partial charge in [-0.05, 0) is 57.0 Å². The van der Waals surface area contributed by atoms with E-state index in [1.54, 1.807) is 23.5 Å². The summed E-state index contributed by atoms with van der Waals surface area (Å²) < 4.78 is 5.43. The Morgan fingerprint density at radius 3 is 3.04 bits per heavy atom. The van der Waals surface area contributed by atoms with Crippen LogP contribution in [0.1, 0.15) is 40.9 Å². The predicted molar refractivity (Wildman–Crippen MR) is 92.5 cm³/mol. The lowest BCUT2D eigenvalue weighted by Crippen LogP contribution is -2.26. The zero-order valence-corrected chi connectivity index (χ0v) is 14.0. The van der Waals surface area contributed by atoms with Gasteiger partial charge in [0.1, 0.15) is 5.75 Å². The lowest BCUT2D eigenvalue weighted by molar-refractivity contribution is 0.102. The van der Waals surface area contributed by atoms with Gasteiger partial charge in [0.15, 0.2) is 5.13 Å². The zero-order valence-electron chi connectivity index (χ0n) is 13.2. The van der Waals surface area contributed by atoms with E-state index in [0.29, 0.717) is 29.0 Å². The standard InChI is InChI=1S/C17H21N3O2S/c1-2-22-14-5-3-4-13(10-14)16(21)20-17-19-11-15(23-17)12-6-8-18-9-7-12/h3-5,10-12,18H,2,6-9H2,1H3,(H,19,20,21). The number of carbonyl (C=O) groups is 1. The quantitative estimate of drug-likeness (QED) is 0.883. The first kappa shape index (κ1) is 16.0. The third kappa shape index (κ3) is 4.09. The molecule has 0 unspecified atom stereocenters. The summed E-state index contributed by atoms with van der Waals surface area (Å²) in [5, 5.41) is 6.91. The summed E-state index contributed by atoms with van der Waals surface area (Å²) in [5.41, 5.74) is 0.578. The van der Waals surface area contributed by atoms with E-state index in [1.165, 1.54) is 4.88 Å². The van der Waals surface area contributed by atoms with Crippen LogP contribution in [0.3, 0.4) is 0 Å². The molecule has 1 aromatic heterocycles. The largest absolute Gasteiger partial charge is 0.494 e. The van der Waals surface area contributed by atoms with Crippen molar-refractivity contribution >= 4 is 22.4 Å². The number of amides is 1. The fourth-order valence-electron chi connectivity index (χ4n) is 2.70. The van der Waals surface area contributed by atoms with Crippen molar-refractivity contribution in [2.75, 3.05) is 25.0 Å². The van der Waals surface area contributed by atoms with Gasteiger partial charge < -0.3 is 10.1 Å². The van der Waals surface area contributed by atoms with Crippen LogP contribution in [0.2, 0.25) is 0 Å². The molecule has 2 aromatic rings. The number of hydrogen-bond donors (Lipinski definition) is 2. The second-order valence-electron chi connectivity index (χ2n) is 5.51. The molecule has 1 amide bonds. The molecule has 0 saturated carbocycles. The van der Waals surface area contributed by atoms with Gasteiger partial charge in [-0.15, -0.1) is 11.3 Å². The van der Waals surface area contributed by atoms with E-state index in [9.17, 15) is 4.79 Å². The van der Waals surface area contributed by atoms with E-state index in [-0.39, 0.29) is 5.91 Å². The highest BCUT2D eigenvalue weighted by molar-refractivity contribution is 7.15. The summed E-state index contributed by atoms with van der Waals surface area (Å²) in [6.45, 7) is 4.60. The monoisotopic (exact) mass is 331 g/mol. The van der Waals surface area contributed by atoms with Crippen LogP contribution in [-0.4, -0.2) is 30.6 Å². The zero-order chi connectivity index (χ0) is 16.1. The van der Waals surface area contributed by atoms with Crippen LogP contribution in [0.25, 0.3) is 0 Å². The molecule has 1 fully saturated rings. The number of nitrogens with one attached hydrogen (secondary N) is 2. The average Bonchev–Trinajstić information content (AvgIpc) is 3.05. The number of hydrogen-bond acceptors (Lipinski definition) is 5. The molecule has 6 heteroatoms. The third-order valence-electron chi connectivity index (χ3n) is 3.89. The van der Waals surface area contributed by atoms with Crippen LogP contribution < -0.4 is 15.4 Å². The minimum atomic E-state index is -0.155.